The molecule has 0 aliphatic heterocycles. The molecule has 2 heterocycles. The number of aromatic nitrogens is 4. The van der Waals surface area contributed by atoms with Gasteiger partial charge in [0.05, 0.1) is 0 Å². The van der Waals surface area contributed by atoms with Gasteiger partial charge in [-0.2, -0.15) is 0 Å². The van der Waals surface area contributed by atoms with Crippen LogP contribution in [0.15, 0.2) is 81.6 Å². The highest BCUT2D eigenvalue weighted by molar-refractivity contribution is 5.89. The third-order valence-electron chi connectivity index (χ3n) is 11.4. The van der Waals surface area contributed by atoms with Crippen molar-refractivity contribution in [1.82, 2.24) is 20.4 Å². The van der Waals surface area contributed by atoms with E-state index in [0.29, 0.717) is 35.4 Å². The van der Waals surface area contributed by atoms with E-state index >= 15 is 0 Å². The van der Waals surface area contributed by atoms with E-state index in [-0.39, 0.29) is 5.41 Å². The van der Waals surface area contributed by atoms with Crippen LogP contribution in [0.2, 0.25) is 0 Å². The summed E-state index contributed by atoms with van der Waals surface area (Å²) in [5.41, 5.74) is 9.82. The molecule has 0 N–H and O–H groups in total. The maximum absolute atomic E-state index is 6.48. The Morgan fingerprint density at radius 2 is 1.04 bits per heavy atom. The maximum atomic E-state index is 6.48. The van der Waals surface area contributed by atoms with Gasteiger partial charge in [0.2, 0.25) is 23.6 Å². The highest BCUT2D eigenvalue weighted by Gasteiger charge is 2.45. The van der Waals surface area contributed by atoms with Crippen molar-refractivity contribution in [2.75, 3.05) is 0 Å². The Hall–Kier alpha value is -4.58. The molecule has 0 amide bonds. The van der Waals surface area contributed by atoms with Crippen molar-refractivity contribution in [3.8, 4) is 45.5 Å². The zero-order valence-corrected chi connectivity index (χ0v) is 31.3. The zero-order valence-electron chi connectivity index (χ0n) is 31.3. The monoisotopic (exact) mass is 680 g/mol. The summed E-state index contributed by atoms with van der Waals surface area (Å²) in [4.78, 5) is 0. The summed E-state index contributed by atoms with van der Waals surface area (Å²) in [6.07, 6.45) is 12.4. The average molecular weight is 681 g/mol. The van der Waals surface area contributed by atoms with E-state index in [0.717, 1.165) is 27.5 Å². The molecule has 0 fully saturated rings. The molecule has 264 valence electrons. The molecule has 0 radical (unpaired) electrons. The lowest BCUT2D eigenvalue weighted by Crippen LogP contribution is -2.31. The molecule has 0 bridgehead atoms. The van der Waals surface area contributed by atoms with Crippen molar-refractivity contribution < 1.29 is 8.83 Å². The van der Waals surface area contributed by atoms with Gasteiger partial charge >= 0.3 is 0 Å². The van der Waals surface area contributed by atoms with E-state index in [4.69, 9.17) is 8.83 Å². The van der Waals surface area contributed by atoms with Crippen LogP contribution in [-0.2, 0) is 5.41 Å². The van der Waals surface area contributed by atoms with E-state index in [1.807, 2.05) is 12.1 Å². The standard InChI is InChI=1S/C45H52N4O2/c1-7-11-13-31(9-3)27-45(28-32(10-4)14-12-8-2)40-23-29(5)15-21-38(40)39-22-20-37(26-41(39)45)44-49-48-43(51-44)36-19-17-33-24-35(18-16-34(33)25-36)42-47-46-30(6)50-42/h15-26,31-32H,7-14,27-28H2,1-6H3. The van der Waals surface area contributed by atoms with Gasteiger partial charge in [-0.05, 0) is 101 Å². The van der Waals surface area contributed by atoms with Gasteiger partial charge in [0.1, 0.15) is 0 Å². The molecule has 1 aliphatic carbocycles. The Balaban J connectivity index is 1.27. The molecule has 0 spiro atoms. The summed E-state index contributed by atoms with van der Waals surface area (Å²) in [5.74, 6) is 3.50. The topological polar surface area (TPSA) is 77.8 Å². The summed E-state index contributed by atoms with van der Waals surface area (Å²) < 4.78 is 12.1. The third kappa shape index (κ3) is 6.90. The van der Waals surface area contributed by atoms with Gasteiger partial charge in [-0.25, -0.2) is 0 Å². The fraction of sp³-hybridized carbons (Fsp3) is 0.422. The first-order chi connectivity index (χ1) is 24.8. The molecule has 2 aromatic heterocycles. The van der Waals surface area contributed by atoms with Gasteiger partial charge in [-0.15, -0.1) is 20.4 Å². The van der Waals surface area contributed by atoms with Gasteiger partial charge in [-0.3, -0.25) is 0 Å². The molecule has 1 aliphatic rings. The summed E-state index contributed by atoms with van der Waals surface area (Å²) in [7, 11) is 0. The molecule has 6 heteroatoms. The second-order valence-corrected chi connectivity index (χ2v) is 14.9. The third-order valence-corrected chi connectivity index (χ3v) is 11.4. The SMILES string of the molecule is CCCCC(CC)CC1(CC(CC)CCCC)c2cc(C)ccc2-c2ccc(-c3nnc(-c4ccc5cc(-c6nnc(C)o6)ccc5c4)o3)cc21. The number of hydrogen-bond donors (Lipinski definition) is 0. The van der Waals surface area contributed by atoms with Crippen LogP contribution in [0, 0.1) is 25.7 Å². The van der Waals surface area contributed by atoms with Crippen LogP contribution in [0.5, 0.6) is 0 Å². The molecule has 0 saturated heterocycles. The van der Waals surface area contributed by atoms with E-state index in [9.17, 15) is 0 Å². The van der Waals surface area contributed by atoms with E-state index < -0.39 is 0 Å². The molecule has 6 aromatic rings. The van der Waals surface area contributed by atoms with Crippen molar-refractivity contribution in [3.63, 3.8) is 0 Å². The summed E-state index contributed by atoms with van der Waals surface area (Å²) >= 11 is 0. The maximum Gasteiger partial charge on any atom is 0.248 e. The summed E-state index contributed by atoms with van der Waals surface area (Å²) in [5, 5.41) is 19.5. The number of hydrogen-bond acceptors (Lipinski definition) is 6. The quantitative estimate of drug-likeness (QED) is 0.107. The summed E-state index contributed by atoms with van der Waals surface area (Å²) in [6.45, 7) is 13.5. The van der Waals surface area contributed by atoms with Crippen LogP contribution in [0.25, 0.3) is 56.3 Å². The predicted octanol–water partition coefficient (Wildman–Crippen LogP) is 12.7. The lowest BCUT2D eigenvalue weighted by atomic mass is 9.65. The van der Waals surface area contributed by atoms with Crippen LogP contribution < -0.4 is 0 Å². The minimum absolute atomic E-state index is 0.0461. The van der Waals surface area contributed by atoms with Crippen molar-refractivity contribution in [1.29, 1.82) is 0 Å². The fourth-order valence-corrected chi connectivity index (χ4v) is 8.52. The van der Waals surface area contributed by atoms with Gasteiger partial charge in [0, 0.05) is 29.0 Å². The largest absolute Gasteiger partial charge is 0.421 e. The molecular formula is C45H52N4O2. The Kier molecular flexibility index (Phi) is 10.2. The lowest BCUT2D eigenvalue weighted by Gasteiger charge is -2.39. The molecule has 0 saturated carbocycles. The normalized spacial score (nSPS) is 16.4. The molecule has 2 unspecified atom stereocenters. The minimum Gasteiger partial charge on any atom is -0.421 e. The van der Waals surface area contributed by atoms with Crippen LogP contribution in [0.3, 0.4) is 0 Å². The van der Waals surface area contributed by atoms with Crippen molar-refractivity contribution in [3.05, 3.63) is 95.4 Å². The first-order valence-corrected chi connectivity index (χ1v) is 19.3. The molecule has 6 nitrogen and oxygen atoms in total. The van der Waals surface area contributed by atoms with E-state index in [2.05, 4.69) is 116 Å². The van der Waals surface area contributed by atoms with Crippen LogP contribution in [0.4, 0.5) is 0 Å². The van der Waals surface area contributed by atoms with Gasteiger partial charge < -0.3 is 8.83 Å². The van der Waals surface area contributed by atoms with Crippen LogP contribution >= 0.6 is 0 Å². The predicted molar refractivity (Wildman–Crippen MR) is 208 cm³/mol. The first-order valence-electron chi connectivity index (χ1n) is 19.3. The van der Waals surface area contributed by atoms with Crippen LogP contribution in [-0.4, -0.2) is 20.4 Å². The van der Waals surface area contributed by atoms with Crippen molar-refractivity contribution in [2.24, 2.45) is 11.8 Å². The number of rotatable bonds is 15. The Bertz CT molecular complexity index is 2110. The van der Waals surface area contributed by atoms with Crippen LogP contribution in [0.1, 0.15) is 114 Å². The second-order valence-electron chi connectivity index (χ2n) is 14.9. The number of aryl methyl sites for hydroxylation is 2. The molecule has 51 heavy (non-hydrogen) atoms. The van der Waals surface area contributed by atoms with Gasteiger partial charge in [0.25, 0.3) is 0 Å². The number of nitrogens with zero attached hydrogens (tertiary/aromatic N) is 4. The molecule has 4 aromatic carbocycles. The smallest absolute Gasteiger partial charge is 0.248 e. The first kappa shape index (κ1) is 34.9. The average Bonchev–Trinajstić information content (AvgIpc) is 3.89. The van der Waals surface area contributed by atoms with Crippen molar-refractivity contribution >= 4 is 10.8 Å². The fourth-order valence-electron chi connectivity index (χ4n) is 8.52. The second kappa shape index (κ2) is 15.0. The molecule has 2 atom stereocenters. The van der Waals surface area contributed by atoms with E-state index in [1.54, 1.807) is 6.92 Å². The van der Waals surface area contributed by atoms with Crippen molar-refractivity contribution in [2.45, 2.75) is 111 Å². The number of benzene rings is 4. The van der Waals surface area contributed by atoms with Gasteiger partial charge in [0.15, 0.2) is 0 Å². The summed E-state index contributed by atoms with van der Waals surface area (Å²) in [6, 6.07) is 26.4. The number of unbranched alkanes of at least 4 members (excludes halogenated alkanes) is 2. The highest BCUT2D eigenvalue weighted by Crippen LogP contribution is 2.57. The zero-order chi connectivity index (χ0) is 35.5. The molecule has 7 rings (SSSR count). The Morgan fingerprint density at radius 3 is 1.57 bits per heavy atom. The Labute approximate surface area is 303 Å². The Morgan fingerprint density at radius 1 is 0.549 bits per heavy atom. The number of fused-ring (bicyclic) bond motifs is 4. The van der Waals surface area contributed by atoms with Gasteiger partial charge in [-0.1, -0.05) is 121 Å². The van der Waals surface area contributed by atoms with E-state index in [1.165, 1.54) is 92.0 Å². The highest BCUT2D eigenvalue weighted by atomic mass is 16.4. The minimum atomic E-state index is -0.0461. The molecular weight excluding hydrogens is 629 g/mol. The lowest BCUT2D eigenvalue weighted by molar-refractivity contribution is 0.266.